The molecule has 0 aliphatic heterocycles. The molecule has 0 radical (unpaired) electrons. The van der Waals surface area contributed by atoms with Gasteiger partial charge in [-0.2, -0.15) is 0 Å². The number of benzene rings is 1. The van der Waals surface area contributed by atoms with E-state index >= 15 is 0 Å². The minimum atomic E-state index is -0.502. The summed E-state index contributed by atoms with van der Waals surface area (Å²) in [5.74, 6) is -0.588. The molecule has 17 heavy (non-hydrogen) atoms. The van der Waals surface area contributed by atoms with Crippen molar-refractivity contribution in [2.75, 3.05) is 0 Å². The van der Waals surface area contributed by atoms with E-state index in [1.807, 2.05) is 0 Å². The summed E-state index contributed by atoms with van der Waals surface area (Å²) in [6, 6.07) is 4.47. The molecule has 1 aromatic carbocycles. The van der Waals surface area contributed by atoms with Crippen molar-refractivity contribution in [1.29, 1.82) is 0 Å². The molecule has 0 aliphatic rings. The van der Waals surface area contributed by atoms with Crippen LogP contribution in [0.25, 0.3) is 0 Å². The fourth-order valence-corrected chi connectivity index (χ4v) is 2.44. The van der Waals surface area contributed by atoms with Gasteiger partial charge in [0.1, 0.15) is 5.82 Å². The maximum absolute atomic E-state index is 13.2. The summed E-state index contributed by atoms with van der Waals surface area (Å²) in [6.45, 7) is 1.77. The normalized spacial score (nSPS) is 10.5. The van der Waals surface area contributed by atoms with E-state index < -0.39 is 5.82 Å². The number of halogens is 2. The zero-order chi connectivity index (χ0) is 12.4. The number of nitrogens with zero attached hydrogens (tertiary/aromatic N) is 1. The van der Waals surface area contributed by atoms with Crippen molar-refractivity contribution in [3.63, 3.8) is 0 Å². The number of aryl methyl sites for hydroxylation is 1. The van der Waals surface area contributed by atoms with Crippen LogP contribution in [0.3, 0.4) is 0 Å². The molecule has 2 rings (SSSR count). The van der Waals surface area contributed by atoms with Gasteiger partial charge < -0.3 is 0 Å². The highest BCUT2D eigenvalue weighted by Crippen LogP contribution is 2.22. The highest BCUT2D eigenvalue weighted by molar-refractivity contribution is 7.11. The van der Waals surface area contributed by atoms with Crippen LogP contribution in [0.15, 0.2) is 23.7 Å². The van der Waals surface area contributed by atoms with Crippen LogP contribution in [0, 0.1) is 12.7 Å². The Kier molecular flexibility index (Phi) is 3.54. The third-order valence-corrected chi connectivity index (χ3v) is 3.77. The predicted octanol–water partition coefficient (Wildman–Crippen LogP) is 3.67. The van der Waals surface area contributed by atoms with Gasteiger partial charge in [0.25, 0.3) is 0 Å². The molecule has 0 fully saturated rings. The van der Waals surface area contributed by atoms with E-state index in [-0.39, 0.29) is 17.2 Å². The number of hydrogen-bond acceptors (Lipinski definition) is 3. The van der Waals surface area contributed by atoms with Crippen molar-refractivity contribution in [1.82, 2.24) is 4.98 Å². The second kappa shape index (κ2) is 4.94. The second-order valence-electron chi connectivity index (χ2n) is 3.58. The molecule has 0 saturated heterocycles. The van der Waals surface area contributed by atoms with Gasteiger partial charge in [-0.25, -0.2) is 9.37 Å². The first kappa shape index (κ1) is 12.2. The lowest BCUT2D eigenvalue weighted by atomic mass is 10.1. The number of Topliss-reactive ketones (excluding diaryl/α,β-unsaturated/α-hetero) is 1. The lowest BCUT2D eigenvalue weighted by molar-refractivity contribution is 0.0996. The number of hydrogen-bond donors (Lipinski definition) is 0. The fourth-order valence-electron chi connectivity index (χ4n) is 1.51. The lowest BCUT2D eigenvalue weighted by Gasteiger charge is -2.03. The zero-order valence-electron chi connectivity index (χ0n) is 9.04. The molecule has 0 unspecified atom stereocenters. The molecular weight excluding hydrogens is 261 g/mol. The number of ketones is 1. The first-order chi connectivity index (χ1) is 8.09. The first-order valence-electron chi connectivity index (χ1n) is 4.95. The van der Waals surface area contributed by atoms with Gasteiger partial charge in [-0.05, 0) is 18.6 Å². The summed E-state index contributed by atoms with van der Waals surface area (Å²) >= 11 is 7.09. The summed E-state index contributed by atoms with van der Waals surface area (Å²) in [6.07, 6.45) is 0.0969. The van der Waals surface area contributed by atoms with Gasteiger partial charge in [-0.3, -0.25) is 4.79 Å². The Morgan fingerprint density at radius 3 is 2.94 bits per heavy atom. The highest BCUT2D eigenvalue weighted by atomic mass is 35.5. The minimum absolute atomic E-state index is 0.0167. The molecule has 0 aliphatic carbocycles. The Bertz CT molecular complexity index is 567. The average molecular weight is 270 g/mol. The smallest absolute Gasteiger partial charge is 0.179 e. The number of carbonyl (C=O) groups is 1. The third kappa shape index (κ3) is 2.53. The SMILES string of the molecule is Cc1ncsc1C(=O)Cc1cccc(F)c1Cl. The summed E-state index contributed by atoms with van der Waals surface area (Å²) in [5, 5.41) is 0.0167. The van der Waals surface area contributed by atoms with Crippen molar-refractivity contribution in [2.24, 2.45) is 0 Å². The maximum atomic E-state index is 13.2. The molecule has 0 spiro atoms. The van der Waals surface area contributed by atoms with E-state index in [0.29, 0.717) is 16.1 Å². The Morgan fingerprint density at radius 2 is 2.29 bits per heavy atom. The van der Waals surface area contributed by atoms with Gasteiger partial charge in [-0.1, -0.05) is 23.7 Å². The topological polar surface area (TPSA) is 30.0 Å². The first-order valence-corrected chi connectivity index (χ1v) is 6.21. The summed E-state index contributed by atoms with van der Waals surface area (Å²) in [5.41, 5.74) is 2.83. The van der Waals surface area contributed by atoms with Gasteiger partial charge >= 0.3 is 0 Å². The maximum Gasteiger partial charge on any atom is 0.179 e. The Balaban J connectivity index is 2.25. The zero-order valence-corrected chi connectivity index (χ0v) is 10.6. The van der Waals surface area contributed by atoms with Crippen molar-refractivity contribution in [3.05, 3.63) is 50.7 Å². The molecule has 2 nitrogen and oxygen atoms in total. The van der Waals surface area contributed by atoms with Crippen LogP contribution < -0.4 is 0 Å². The minimum Gasteiger partial charge on any atom is -0.293 e. The van der Waals surface area contributed by atoms with Crippen molar-refractivity contribution in [3.8, 4) is 0 Å². The third-order valence-electron chi connectivity index (χ3n) is 2.38. The molecule has 0 N–H and O–H groups in total. The van der Waals surface area contributed by atoms with E-state index in [4.69, 9.17) is 11.6 Å². The van der Waals surface area contributed by atoms with Crippen LogP contribution >= 0.6 is 22.9 Å². The monoisotopic (exact) mass is 269 g/mol. The van der Waals surface area contributed by atoms with Gasteiger partial charge in [0, 0.05) is 6.42 Å². The number of carbonyl (C=O) groups excluding carboxylic acids is 1. The standard InChI is InChI=1S/C12H9ClFNOS/c1-7-12(17-6-15-7)10(16)5-8-3-2-4-9(14)11(8)13/h2-4,6H,5H2,1H3. The van der Waals surface area contributed by atoms with Crippen LogP contribution in [-0.2, 0) is 6.42 Å². The van der Waals surface area contributed by atoms with Crippen LogP contribution in [0.2, 0.25) is 5.02 Å². The van der Waals surface area contributed by atoms with E-state index in [9.17, 15) is 9.18 Å². The molecule has 0 amide bonds. The predicted molar refractivity (Wildman–Crippen MR) is 66.3 cm³/mol. The molecule has 0 saturated carbocycles. The van der Waals surface area contributed by atoms with Crippen molar-refractivity contribution in [2.45, 2.75) is 13.3 Å². The molecule has 2 aromatic rings. The summed E-state index contributed by atoms with van der Waals surface area (Å²) in [4.78, 5) is 16.6. The molecular formula is C12H9ClFNOS. The van der Waals surface area contributed by atoms with Crippen LogP contribution in [0.1, 0.15) is 20.9 Å². The molecule has 5 heteroatoms. The lowest BCUT2D eigenvalue weighted by Crippen LogP contribution is -2.04. The van der Waals surface area contributed by atoms with Crippen LogP contribution in [-0.4, -0.2) is 10.8 Å². The number of thiazole rings is 1. The van der Waals surface area contributed by atoms with Gasteiger partial charge in [-0.15, -0.1) is 11.3 Å². The molecule has 88 valence electrons. The molecule has 0 bridgehead atoms. The molecule has 0 atom stereocenters. The average Bonchev–Trinajstić information content (AvgIpc) is 2.71. The van der Waals surface area contributed by atoms with Crippen molar-refractivity contribution >= 4 is 28.7 Å². The largest absolute Gasteiger partial charge is 0.293 e. The Morgan fingerprint density at radius 1 is 1.53 bits per heavy atom. The van der Waals surface area contributed by atoms with Gasteiger partial charge in [0.2, 0.25) is 0 Å². The van der Waals surface area contributed by atoms with E-state index in [1.165, 1.54) is 17.4 Å². The second-order valence-corrected chi connectivity index (χ2v) is 4.81. The Labute approximate surface area is 107 Å². The van der Waals surface area contributed by atoms with Gasteiger partial charge in [0.05, 0.1) is 21.1 Å². The number of rotatable bonds is 3. The fraction of sp³-hybridized carbons (Fsp3) is 0.167. The van der Waals surface area contributed by atoms with E-state index in [2.05, 4.69) is 4.98 Å². The van der Waals surface area contributed by atoms with Gasteiger partial charge in [0.15, 0.2) is 5.78 Å². The van der Waals surface area contributed by atoms with Crippen LogP contribution in [0.4, 0.5) is 4.39 Å². The summed E-state index contributed by atoms with van der Waals surface area (Å²) in [7, 11) is 0. The molecule has 1 heterocycles. The van der Waals surface area contributed by atoms with Crippen LogP contribution in [0.5, 0.6) is 0 Å². The Hall–Kier alpha value is -1.26. The van der Waals surface area contributed by atoms with E-state index in [0.717, 1.165) is 0 Å². The quantitative estimate of drug-likeness (QED) is 0.796. The highest BCUT2D eigenvalue weighted by Gasteiger charge is 2.15. The number of aromatic nitrogens is 1. The van der Waals surface area contributed by atoms with E-state index in [1.54, 1.807) is 24.6 Å². The van der Waals surface area contributed by atoms with Crippen molar-refractivity contribution < 1.29 is 9.18 Å². The summed E-state index contributed by atoms with van der Waals surface area (Å²) < 4.78 is 13.2. The molecule has 1 aromatic heterocycles.